The van der Waals surface area contributed by atoms with Crippen LogP contribution >= 0.6 is 0 Å². The first-order valence-electron chi connectivity index (χ1n) is 8.99. The average molecular weight is 315 g/mol. The summed E-state index contributed by atoms with van der Waals surface area (Å²) in [5.74, 6) is 2.41. The Morgan fingerprint density at radius 2 is 2.09 bits per heavy atom. The zero-order valence-corrected chi connectivity index (χ0v) is 14.8. The Balaban J connectivity index is 1.85. The zero-order chi connectivity index (χ0) is 16.2. The van der Waals surface area contributed by atoms with Crippen molar-refractivity contribution in [3.63, 3.8) is 0 Å². The fourth-order valence-corrected chi connectivity index (χ4v) is 5.76. The largest absolute Gasteiger partial charge is 0.497 e. The molecule has 0 N–H and O–H groups in total. The molecule has 1 aromatic rings. The number of hydrogen-bond donors (Lipinski definition) is 0. The molecular weight excluding hydrogens is 286 g/mol. The van der Waals surface area contributed by atoms with Crippen molar-refractivity contribution in [3.05, 3.63) is 29.3 Å². The van der Waals surface area contributed by atoms with E-state index in [9.17, 15) is 0 Å². The fraction of sp³-hybridized carbons (Fsp3) is 0.700. The summed E-state index contributed by atoms with van der Waals surface area (Å²) in [6.07, 6.45) is 5.26. The van der Waals surface area contributed by atoms with Gasteiger partial charge < -0.3 is 14.4 Å². The van der Waals surface area contributed by atoms with Crippen LogP contribution in [-0.4, -0.2) is 44.9 Å². The van der Waals surface area contributed by atoms with Gasteiger partial charge in [0.15, 0.2) is 0 Å². The van der Waals surface area contributed by atoms with E-state index in [1.54, 1.807) is 12.7 Å². The summed E-state index contributed by atoms with van der Waals surface area (Å²) in [6.45, 7) is 3.57. The van der Waals surface area contributed by atoms with Gasteiger partial charge in [0.05, 0.1) is 13.2 Å². The van der Waals surface area contributed by atoms with Gasteiger partial charge in [-0.3, -0.25) is 0 Å². The molecule has 126 valence electrons. The van der Waals surface area contributed by atoms with Crippen molar-refractivity contribution in [3.8, 4) is 5.75 Å². The van der Waals surface area contributed by atoms with Gasteiger partial charge in [-0.15, -0.1) is 0 Å². The van der Waals surface area contributed by atoms with Gasteiger partial charge in [-0.05, 0) is 74.4 Å². The molecule has 0 spiro atoms. The monoisotopic (exact) mass is 315 g/mol. The molecule has 0 aromatic heterocycles. The Morgan fingerprint density at radius 3 is 2.83 bits per heavy atom. The third kappa shape index (κ3) is 2.16. The number of nitrogens with zero attached hydrogens (tertiary/aromatic N) is 1. The summed E-state index contributed by atoms with van der Waals surface area (Å²) < 4.78 is 11.4. The minimum atomic E-state index is 0.284. The van der Waals surface area contributed by atoms with Gasteiger partial charge in [0.25, 0.3) is 0 Å². The van der Waals surface area contributed by atoms with Crippen LogP contribution in [0.25, 0.3) is 0 Å². The van der Waals surface area contributed by atoms with Crippen LogP contribution in [0, 0.1) is 11.8 Å². The first kappa shape index (κ1) is 15.5. The van der Waals surface area contributed by atoms with Crippen molar-refractivity contribution in [1.82, 2.24) is 4.90 Å². The van der Waals surface area contributed by atoms with Crippen LogP contribution in [0.3, 0.4) is 0 Å². The summed E-state index contributed by atoms with van der Waals surface area (Å²) in [5, 5.41) is 0. The molecule has 1 saturated carbocycles. The van der Waals surface area contributed by atoms with E-state index in [4.69, 9.17) is 9.47 Å². The summed E-state index contributed by atoms with van der Waals surface area (Å²) in [4.78, 5) is 2.61. The molecule has 2 bridgehead atoms. The number of likely N-dealkylation sites (tertiary alicyclic amines) is 1. The summed E-state index contributed by atoms with van der Waals surface area (Å²) in [6, 6.07) is 7.44. The third-order valence-electron chi connectivity index (χ3n) is 7.06. The van der Waals surface area contributed by atoms with E-state index >= 15 is 0 Å². The molecule has 2 fully saturated rings. The number of methoxy groups -OCH3 is 2. The highest BCUT2D eigenvalue weighted by molar-refractivity contribution is 5.46. The van der Waals surface area contributed by atoms with Crippen molar-refractivity contribution >= 4 is 0 Å². The summed E-state index contributed by atoms with van der Waals surface area (Å²) in [7, 11) is 5.98. The quantitative estimate of drug-likeness (QED) is 0.836. The number of rotatable bonds is 2. The van der Waals surface area contributed by atoms with Crippen LogP contribution in [0.2, 0.25) is 0 Å². The smallest absolute Gasteiger partial charge is 0.119 e. The van der Waals surface area contributed by atoms with E-state index in [1.165, 1.54) is 37.8 Å². The maximum atomic E-state index is 5.89. The second kappa shape index (κ2) is 5.49. The van der Waals surface area contributed by atoms with Crippen molar-refractivity contribution in [2.24, 2.45) is 11.8 Å². The molecular formula is C20H29NO2. The normalized spacial score (nSPS) is 39.5. The Morgan fingerprint density at radius 1 is 1.26 bits per heavy atom. The van der Waals surface area contributed by atoms with Gasteiger partial charge in [0.1, 0.15) is 5.75 Å². The highest BCUT2D eigenvalue weighted by Gasteiger charge is 2.56. The molecule has 0 amide bonds. The Labute approximate surface area is 140 Å². The molecule has 23 heavy (non-hydrogen) atoms. The molecule has 3 heteroatoms. The van der Waals surface area contributed by atoms with Crippen LogP contribution in [0.1, 0.15) is 37.3 Å². The standard InChI is InChI=1S/C20H29NO2/c1-13-9-17-18-10-14-5-6-15(22-3)11-16(14)20(17,7-8-21(18)2)12-19(13)23-4/h5-6,11,13,17-19H,7-10,12H2,1-4H3/t13-,17?,18-,19?,20-/m1/s1. The maximum absolute atomic E-state index is 5.89. The lowest BCUT2D eigenvalue weighted by Gasteiger charge is -2.60. The molecule has 5 atom stereocenters. The lowest BCUT2D eigenvalue weighted by atomic mass is 9.50. The Hall–Kier alpha value is -1.06. The lowest BCUT2D eigenvalue weighted by molar-refractivity contribution is -0.0779. The third-order valence-corrected chi connectivity index (χ3v) is 7.06. The number of piperidine rings is 1. The van der Waals surface area contributed by atoms with Gasteiger partial charge in [0.2, 0.25) is 0 Å². The second-order valence-electron chi connectivity index (χ2n) is 7.98. The molecule has 1 aromatic carbocycles. The number of fused-ring (bicyclic) bond motifs is 1. The Bertz CT molecular complexity index is 601. The van der Waals surface area contributed by atoms with E-state index in [1.807, 2.05) is 7.11 Å². The van der Waals surface area contributed by atoms with Crippen molar-refractivity contribution < 1.29 is 9.47 Å². The Kier molecular flexibility index (Phi) is 3.69. The number of ether oxygens (including phenoxy) is 2. The second-order valence-corrected chi connectivity index (χ2v) is 7.98. The topological polar surface area (TPSA) is 21.7 Å². The van der Waals surface area contributed by atoms with Gasteiger partial charge in [0, 0.05) is 18.6 Å². The SMILES string of the molecule is COc1ccc2c(c1)[C@]13CCN(C)[C@H](C2)C1C[C@@H](C)C(OC)C3. The molecule has 3 aliphatic rings. The van der Waals surface area contributed by atoms with E-state index in [0.717, 1.165) is 11.7 Å². The van der Waals surface area contributed by atoms with E-state index in [2.05, 4.69) is 37.1 Å². The van der Waals surface area contributed by atoms with Crippen LogP contribution in [0.5, 0.6) is 5.75 Å². The fourth-order valence-electron chi connectivity index (χ4n) is 5.76. The van der Waals surface area contributed by atoms with Gasteiger partial charge in [-0.1, -0.05) is 13.0 Å². The molecule has 2 aliphatic carbocycles. The van der Waals surface area contributed by atoms with Crippen molar-refractivity contribution in [2.75, 3.05) is 27.8 Å². The van der Waals surface area contributed by atoms with Gasteiger partial charge >= 0.3 is 0 Å². The first-order chi connectivity index (χ1) is 11.1. The minimum Gasteiger partial charge on any atom is -0.497 e. The number of likely N-dealkylation sites (N-methyl/N-ethyl adjacent to an activating group) is 1. The molecule has 1 aliphatic heterocycles. The predicted molar refractivity (Wildman–Crippen MR) is 92.1 cm³/mol. The van der Waals surface area contributed by atoms with E-state index in [-0.39, 0.29) is 5.41 Å². The molecule has 3 nitrogen and oxygen atoms in total. The summed E-state index contributed by atoms with van der Waals surface area (Å²) >= 11 is 0. The highest BCUT2D eigenvalue weighted by Crippen LogP contribution is 2.57. The van der Waals surface area contributed by atoms with Crippen LogP contribution in [0.4, 0.5) is 0 Å². The molecule has 4 rings (SSSR count). The minimum absolute atomic E-state index is 0.284. The average Bonchev–Trinajstić information content (AvgIpc) is 2.57. The molecule has 2 unspecified atom stereocenters. The van der Waals surface area contributed by atoms with E-state index < -0.39 is 0 Å². The first-order valence-corrected chi connectivity index (χ1v) is 8.99. The predicted octanol–water partition coefficient (Wildman–Crippen LogP) is 3.25. The zero-order valence-electron chi connectivity index (χ0n) is 14.8. The lowest BCUT2D eigenvalue weighted by Crippen LogP contribution is -2.62. The van der Waals surface area contributed by atoms with Crippen molar-refractivity contribution in [2.45, 2.75) is 50.2 Å². The van der Waals surface area contributed by atoms with Crippen molar-refractivity contribution in [1.29, 1.82) is 0 Å². The van der Waals surface area contributed by atoms with E-state index in [0.29, 0.717) is 18.1 Å². The highest BCUT2D eigenvalue weighted by atomic mass is 16.5. The van der Waals surface area contributed by atoms with Crippen LogP contribution in [0.15, 0.2) is 18.2 Å². The molecule has 1 saturated heterocycles. The van der Waals surface area contributed by atoms with Gasteiger partial charge in [-0.2, -0.15) is 0 Å². The number of benzene rings is 1. The molecule has 0 radical (unpaired) electrons. The number of hydrogen-bond acceptors (Lipinski definition) is 3. The van der Waals surface area contributed by atoms with Crippen LogP contribution in [-0.2, 0) is 16.6 Å². The molecule has 1 heterocycles. The van der Waals surface area contributed by atoms with Crippen LogP contribution < -0.4 is 4.74 Å². The maximum Gasteiger partial charge on any atom is 0.119 e. The van der Waals surface area contributed by atoms with Gasteiger partial charge in [-0.25, -0.2) is 0 Å². The summed E-state index contributed by atoms with van der Waals surface area (Å²) in [5.41, 5.74) is 3.37.